The molecule has 0 fully saturated rings. The fourth-order valence-corrected chi connectivity index (χ4v) is 3.73. The Morgan fingerprint density at radius 2 is 1.76 bits per heavy atom. The van der Waals surface area contributed by atoms with Gasteiger partial charge in [-0.3, -0.25) is 9.59 Å². The first-order valence-electron chi connectivity index (χ1n) is 10.5. The fourth-order valence-electron chi connectivity index (χ4n) is 3.73. The van der Waals surface area contributed by atoms with Crippen LogP contribution in [0.15, 0.2) is 35.6 Å². The van der Waals surface area contributed by atoms with Gasteiger partial charge in [0.05, 0.1) is 11.6 Å². The zero-order chi connectivity index (χ0) is 21.6. The summed E-state index contributed by atoms with van der Waals surface area (Å²) in [5.41, 5.74) is 7.68. The Balaban J connectivity index is 2.32. The van der Waals surface area contributed by atoms with Crippen LogP contribution in [0.1, 0.15) is 57.6 Å². The number of amides is 1. The van der Waals surface area contributed by atoms with Crippen LogP contribution in [0.25, 0.3) is 0 Å². The molecule has 0 radical (unpaired) electrons. The van der Waals surface area contributed by atoms with Crippen molar-refractivity contribution < 1.29 is 14.7 Å². The lowest BCUT2D eigenvalue weighted by molar-refractivity contribution is -0.129. The number of Topliss-reactive ketones (excluding diaryl/α,β-unsaturated/α-hetero) is 1. The van der Waals surface area contributed by atoms with Crippen LogP contribution in [0.2, 0.25) is 0 Å². The van der Waals surface area contributed by atoms with Crippen LogP contribution < -0.4 is 10.6 Å². The summed E-state index contributed by atoms with van der Waals surface area (Å²) >= 11 is 0. The summed E-state index contributed by atoms with van der Waals surface area (Å²) in [5, 5.41) is 10.6. The maximum atomic E-state index is 12.9. The van der Waals surface area contributed by atoms with Gasteiger partial charge in [-0.15, -0.1) is 0 Å². The molecule has 1 aromatic rings. The molecule has 1 heterocycles. The summed E-state index contributed by atoms with van der Waals surface area (Å²) in [6, 6.07) is 7.30. The number of anilines is 1. The van der Waals surface area contributed by atoms with Gasteiger partial charge < -0.3 is 20.6 Å². The highest BCUT2D eigenvalue weighted by Crippen LogP contribution is 2.39. The number of hydrogen-bond donors (Lipinski definition) is 2. The second kappa shape index (κ2) is 10.4. The van der Waals surface area contributed by atoms with Gasteiger partial charge in [0, 0.05) is 32.7 Å². The molecule has 0 spiro atoms. The summed E-state index contributed by atoms with van der Waals surface area (Å²) < 4.78 is 0. The van der Waals surface area contributed by atoms with E-state index >= 15 is 0 Å². The summed E-state index contributed by atoms with van der Waals surface area (Å²) in [7, 11) is 3.93. The topological polar surface area (TPSA) is 86.9 Å². The fraction of sp³-hybridized carbons (Fsp3) is 0.565. The predicted molar refractivity (Wildman–Crippen MR) is 117 cm³/mol. The van der Waals surface area contributed by atoms with E-state index in [1.165, 1.54) is 0 Å². The van der Waals surface area contributed by atoms with E-state index < -0.39 is 11.9 Å². The minimum absolute atomic E-state index is 0.153. The molecule has 2 rings (SSSR count). The second-order valence-electron chi connectivity index (χ2n) is 8.37. The van der Waals surface area contributed by atoms with Crippen LogP contribution >= 0.6 is 0 Å². The number of rotatable bonds is 11. The van der Waals surface area contributed by atoms with Gasteiger partial charge in [0.15, 0.2) is 11.5 Å². The Labute approximate surface area is 174 Å². The quantitative estimate of drug-likeness (QED) is 0.554. The van der Waals surface area contributed by atoms with Crippen LogP contribution in [0.4, 0.5) is 5.69 Å². The van der Waals surface area contributed by atoms with Crippen LogP contribution in [-0.4, -0.2) is 48.9 Å². The first-order valence-corrected chi connectivity index (χ1v) is 10.5. The van der Waals surface area contributed by atoms with E-state index in [2.05, 4.69) is 0 Å². The van der Waals surface area contributed by atoms with Crippen molar-refractivity contribution in [3.8, 4) is 0 Å². The van der Waals surface area contributed by atoms with Crippen molar-refractivity contribution in [2.45, 2.75) is 52.0 Å². The number of unbranched alkanes of at least 4 members (excludes halogenated alkanes) is 3. The molecule has 0 aliphatic carbocycles. The molecule has 0 bridgehead atoms. The van der Waals surface area contributed by atoms with Crippen molar-refractivity contribution in [3.05, 3.63) is 41.2 Å². The molecule has 1 aliphatic rings. The molecule has 3 N–H and O–H groups in total. The van der Waals surface area contributed by atoms with Crippen molar-refractivity contribution in [2.24, 2.45) is 11.7 Å². The van der Waals surface area contributed by atoms with Gasteiger partial charge in [0.1, 0.15) is 0 Å². The van der Waals surface area contributed by atoms with Crippen molar-refractivity contribution in [1.82, 2.24) is 4.90 Å². The van der Waals surface area contributed by atoms with Crippen LogP contribution in [0.3, 0.4) is 0 Å². The number of ketones is 1. The lowest BCUT2D eigenvalue weighted by atomic mass is 9.92. The molecule has 6 heteroatoms. The third kappa shape index (κ3) is 5.60. The molecule has 0 aromatic heterocycles. The molecule has 1 unspecified atom stereocenters. The molecule has 0 saturated carbocycles. The maximum absolute atomic E-state index is 12.9. The highest BCUT2D eigenvalue weighted by Gasteiger charge is 2.42. The maximum Gasteiger partial charge on any atom is 0.290 e. The third-order valence-electron chi connectivity index (χ3n) is 5.28. The van der Waals surface area contributed by atoms with E-state index in [9.17, 15) is 14.7 Å². The van der Waals surface area contributed by atoms with E-state index in [1.807, 2.05) is 57.1 Å². The Hall–Kier alpha value is -2.34. The zero-order valence-corrected chi connectivity index (χ0v) is 18.1. The predicted octanol–water partition coefficient (Wildman–Crippen LogP) is 3.58. The first kappa shape index (κ1) is 22.9. The minimum Gasteiger partial charge on any atom is -0.503 e. The SMILES string of the molecule is CC(C)CC(=O)C1=C(O)C(=O)N(CCCCCCN)C1c1ccc(N(C)C)cc1. The average Bonchev–Trinajstić information content (AvgIpc) is 2.92. The third-order valence-corrected chi connectivity index (χ3v) is 5.28. The molecule has 1 amide bonds. The van der Waals surface area contributed by atoms with E-state index in [0.29, 0.717) is 19.5 Å². The van der Waals surface area contributed by atoms with E-state index in [0.717, 1.165) is 36.9 Å². The van der Waals surface area contributed by atoms with Gasteiger partial charge in [0.25, 0.3) is 5.91 Å². The number of nitrogens with two attached hydrogens (primary N) is 1. The summed E-state index contributed by atoms with van der Waals surface area (Å²) in [4.78, 5) is 29.4. The monoisotopic (exact) mass is 401 g/mol. The number of aliphatic hydroxyl groups is 1. The highest BCUT2D eigenvalue weighted by molar-refractivity contribution is 6.09. The summed E-state index contributed by atoms with van der Waals surface area (Å²) in [6.45, 7) is 5.09. The van der Waals surface area contributed by atoms with E-state index in [-0.39, 0.29) is 23.0 Å². The molecule has 1 aliphatic heterocycles. The van der Waals surface area contributed by atoms with Gasteiger partial charge in [-0.1, -0.05) is 38.8 Å². The van der Waals surface area contributed by atoms with Gasteiger partial charge >= 0.3 is 0 Å². The van der Waals surface area contributed by atoms with Crippen molar-refractivity contribution >= 4 is 17.4 Å². The summed E-state index contributed by atoms with van der Waals surface area (Å²) in [5.74, 6) is -0.838. The lowest BCUT2D eigenvalue weighted by Crippen LogP contribution is -2.32. The highest BCUT2D eigenvalue weighted by atomic mass is 16.3. The number of nitrogens with zero attached hydrogens (tertiary/aromatic N) is 2. The number of hydrogen-bond acceptors (Lipinski definition) is 5. The van der Waals surface area contributed by atoms with Crippen molar-refractivity contribution in [2.75, 3.05) is 32.1 Å². The number of aliphatic hydroxyl groups excluding tert-OH is 1. The minimum atomic E-state index is -0.528. The van der Waals surface area contributed by atoms with Gasteiger partial charge in [-0.25, -0.2) is 0 Å². The van der Waals surface area contributed by atoms with E-state index in [4.69, 9.17) is 5.73 Å². The van der Waals surface area contributed by atoms with Crippen LogP contribution in [-0.2, 0) is 9.59 Å². The number of benzene rings is 1. The van der Waals surface area contributed by atoms with Crippen molar-refractivity contribution in [3.63, 3.8) is 0 Å². The number of carbonyl (C=O) groups is 2. The van der Waals surface area contributed by atoms with Crippen molar-refractivity contribution in [1.29, 1.82) is 0 Å². The Kier molecular flexibility index (Phi) is 8.26. The Morgan fingerprint density at radius 1 is 1.14 bits per heavy atom. The van der Waals surface area contributed by atoms with Gasteiger partial charge in [-0.05, 0) is 43.0 Å². The zero-order valence-electron chi connectivity index (χ0n) is 18.1. The molecular weight excluding hydrogens is 366 g/mol. The second-order valence-corrected chi connectivity index (χ2v) is 8.37. The normalized spacial score (nSPS) is 16.8. The van der Waals surface area contributed by atoms with E-state index in [1.54, 1.807) is 4.90 Å². The smallest absolute Gasteiger partial charge is 0.290 e. The Bertz CT molecular complexity index is 738. The molecule has 1 atom stereocenters. The van der Waals surface area contributed by atoms with Gasteiger partial charge in [0.2, 0.25) is 0 Å². The molecule has 160 valence electrons. The van der Waals surface area contributed by atoms with Crippen LogP contribution in [0.5, 0.6) is 0 Å². The largest absolute Gasteiger partial charge is 0.503 e. The summed E-state index contributed by atoms with van der Waals surface area (Å²) in [6.07, 6.45) is 4.06. The Morgan fingerprint density at radius 3 is 2.31 bits per heavy atom. The molecule has 0 saturated heterocycles. The average molecular weight is 402 g/mol. The lowest BCUT2D eigenvalue weighted by Gasteiger charge is -2.27. The molecule has 29 heavy (non-hydrogen) atoms. The molecule has 6 nitrogen and oxygen atoms in total. The number of carbonyl (C=O) groups excluding carboxylic acids is 2. The van der Waals surface area contributed by atoms with Crippen LogP contribution in [0, 0.1) is 5.92 Å². The van der Waals surface area contributed by atoms with Gasteiger partial charge in [-0.2, -0.15) is 0 Å². The first-order chi connectivity index (χ1) is 13.8. The molecular formula is C23H35N3O3. The standard InChI is InChI=1S/C23H35N3O3/c1-16(2)15-19(27)20-21(17-9-11-18(12-10-17)25(3)4)26(23(29)22(20)28)14-8-6-5-7-13-24/h9-12,16,21,28H,5-8,13-15,24H2,1-4H3. The molecule has 1 aromatic carbocycles.